The number of sulfonamides is 1. The molecule has 25 heavy (non-hydrogen) atoms. The summed E-state index contributed by atoms with van der Waals surface area (Å²) in [5, 5.41) is 3.84. The predicted molar refractivity (Wildman–Crippen MR) is 102 cm³/mol. The SMILES string of the molecule is CCCS(=O)CCC(C)(C)CC(=O)CCC(C)(C)CC(=O)S(N)(=O)=O. The van der Waals surface area contributed by atoms with E-state index in [4.69, 9.17) is 5.14 Å². The molecule has 148 valence electrons. The summed E-state index contributed by atoms with van der Waals surface area (Å²) in [6.07, 6.45) is 2.50. The first-order chi connectivity index (χ1) is 11.2. The van der Waals surface area contributed by atoms with Gasteiger partial charge in [-0.2, -0.15) is 0 Å². The van der Waals surface area contributed by atoms with Gasteiger partial charge < -0.3 is 0 Å². The van der Waals surface area contributed by atoms with E-state index >= 15 is 0 Å². The Morgan fingerprint density at radius 1 is 0.960 bits per heavy atom. The number of ketones is 1. The summed E-state index contributed by atoms with van der Waals surface area (Å²) in [6, 6.07) is 0. The molecule has 0 aromatic carbocycles. The Balaban J connectivity index is 4.45. The van der Waals surface area contributed by atoms with Gasteiger partial charge in [0.25, 0.3) is 15.1 Å². The monoisotopic (exact) mass is 395 g/mol. The molecule has 1 atom stereocenters. The maximum absolute atomic E-state index is 12.3. The second-order valence-electron chi connectivity index (χ2n) is 8.24. The largest absolute Gasteiger partial charge is 0.300 e. The lowest BCUT2D eigenvalue weighted by molar-refractivity contribution is -0.122. The molecular weight excluding hydrogens is 362 g/mol. The van der Waals surface area contributed by atoms with Crippen molar-refractivity contribution in [2.45, 2.75) is 73.1 Å². The molecule has 0 heterocycles. The molecule has 0 saturated heterocycles. The Bertz CT molecular complexity index is 594. The third-order valence-corrected chi connectivity index (χ3v) is 6.44. The van der Waals surface area contributed by atoms with E-state index in [-0.39, 0.29) is 24.0 Å². The van der Waals surface area contributed by atoms with Gasteiger partial charge in [0.15, 0.2) is 0 Å². The quantitative estimate of drug-likeness (QED) is 0.546. The molecular formula is C17H33NO5S2. The van der Waals surface area contributed by atoms with Gasteiger partial charge in [0.05, 0.1) is 0 Å². The summed E-state index contributed by atoms with van der Waals surface area (Å²) in [7, 11) is -5.01. The highest BCUT2D eigenvalue weighted by atomic mass is 32.2. The zero-order valence-electron chi connectivity index (χ0n) is 16.1. The molecule has 8 heteroatoms. The van der Waals surface area contributed by atoms with Crippen LogP contribution in [0.1, 0.15) is 73.1 Å². The third kappa shape index (κ3) is 11.6. The molecule has 0 aliphatic rings. The Hall–Kier alpha value is -0.600. The van der Waals surface area contributed by atoms with Crippen LogP contribution in [0, 0.1) is 10.8 Å². The second-order valence-corrected chi connectivity index (χ2v) is 11.5. The molecule has 0 saturated carbocycles. The number of carbonyl (C=O) groups excluding carboxylic acids is 2. The van der Waals surface area contributed by atoms with Crippen LogP contribution in [0.15, 0.2) is 0 Å². The summed E-state index contributed by atoms with van der Waals surface area (Å²) in [6.45, 7) is 9.48. The Kier molecular flexibility index (Phi) is 9.68. The van der Waals surface area contributed by atoms with Crippen LogP contribution >= 0.6 is 0 Å². The number of nitrogens with two attached hydrogens (primary N) is 1. The highest BCUT2D eigenvalue weighted by Crippen LogP contribution is 2.31. The van der Waals surface area contributed by atoms with Crippen molar-refractivity contribution in [1.82, 2.24) is 0 Å². The fourth-order valence-electron chi connectivity index (χ4n) is 2.49. The van der Waals surface area contributed by atoms with Gasteiger partial charge in [-0.05, 0) is 30.1 Å². The Labute approximate surface area is 154 Å². The number of primary sulfonamides is 1. The zero-order valence-corrected chi connectivity index (χ0v) is 17.7. The van der Waals surface area contributed by atoms with E-state index in [0.717, 1.165) is 12.8 Å². The summed E-state index contributed by atoms with van der Waals surface area (Å²) in [4.78, 5) is 23.8. The van der Waals surface area contributed by atoms with Gasteiger partial charge in [0.1, 0.15) is 5.78 Å². The van der Waals surface area contributed by atoms with Crippen molar-refractivity contribution in [3.8, 4) is 0 Å². The summed E-state index contributed by atoms with van der Waals surface area (Å²) in [5.74, 6) is 1.36. The minimum atomic E-state index is -4.18. The van der Waals surface area contributed by atoms with Crippen molar-refractivity contribution in [1.29, 1.82) is 0 Å². The van der Waals surface area contributed by atoms with E-state index in [0.29, 0.717) is 24.3 Å². The highest BCUT2D eigenvalue weighted by Gasteiger charge is 2.29. The minimum Gasteiger partial charge on any atom is -0.300 e. The van der Waals surface area contributed by atoms with Crippen molar-refractivity contribution >= 4 is 31.7 Å². The van der Waals surface area contributed by atoms with E-state index in [1.807, 2.05) is 20.8 Å². The molecule has 0 aliphatic carbocycles. The number of carbonyl (C=O) groups is 2. The molecule has 0 aromatic rings. The molecule has 6 nitrogen and oxygen atoms in total. The molecule has 0 amide bonds. The molecule has 0 fully saturated rings. The minimum absolute atomic E-state index is 0.0717. The number of rotatable bonds is 12. The third-order valence-electron chi connectivity index (χ3n) is 4.13. The fraction of sp³-hybridized carbons (Fsp3) is 0.882. The first kappa shape index (κ1) is 24.4. The van der Waals surface area contributed by atoms with Crippen LogP contribution in [-0.4, -0.2) is 35.0 Å². The van der Waals surface area contributed by atoms with Crippen LogP contribution in [0.3, 0.4) is 0 Å². The lowest BCUT2D eigenvalue weighted by Crippen LogP contribution is -2.29. The van der Waals surface area contributed by atoms with Crippen molar-refractivity contribution in [2.24, 2.45) is 16.0 Å². The normalized spacial score (nSPS) is 14.3. The molecule has 0 radical (unpaired) electrons. The molecule has 1 unspecified atom stereocenters. The first-order valence-electron chi connectivity index (χ1n) is 8.61. The van der Waals surface area contributed by atoms with Crippen molar-refractivity contribution in [3.63, 3.8) is 0 Å². The van der Waals surface area contributed by atoms with Gasteiger partial charge >= 0.3 is 0 Å². The van der Waals surface area contributed by atoms with Gasteiger partial charge in [-0.1, -0.05) is 34.6 Å². The number of hydrogen-bond acceptors (Lipinski definition) is 5. The molecule has 0 aliphatic heterocycles. The van der Waals surface area contributed by atoms with Crippen LogP contribution in [0.2, 0.25) is 0 Å². The van der Waals surface area contributed by atoms with Gasteiger partial charge in [-0.3, -0.25) is 13.8 Å². The smallest absolute Gasteiger partial charge is 0.271 e. The van der Waals surface area contributed by atoms with Crippen LogP contribution in [0.4, 0.5) is 0 Å². The van der Waals surface area contributed by atoms with Gasteiger partial charge in [0, 0.05) is 41.6 Å². The Morgan fingerprint density at radius 2 is 1.48 bits per heavy atom. The van der Waals surface area contributed by atoms with Gasteiger partial charge in [-0.25, -0.2) is 13.6 Å². The van der Waals surface area contributed by atoms with E-state index in [9.17, 15) is 22.2 Å². The lowest BCUT2D eigenvalue weighted by atomic mass is 9.80. The van der Waals surface area contributed by atoms with Crippen molar-refractivity contribution in [3.05, 3.63) is 0 Å². The molecule has 0 rings (SSSR count). The topological polar surface area (TPSA) is 111 Å². The zero-order chi connectivity index (χ0) is 19.9. The number of Topliss-reactive ketones (excluding diaryl/α,β-unsaturated/α-hetero) is 1. The van der Waals surface area contributed by atoms with Crippen molar-refractivity contribution in [2.75, 3.05) is 11.5 Å². The van der Waals surface area contributed by atoms with Crippen LogP contribution < -0.4 is 5.14 Å². The fourth-order valence-corrected chi connectivity index (χ4v) is 4.52. The average molecular weight is 396 g/mol. The first-order valence-corrected chi connectivity index (χ1v) is 11.6. The summed E-state index contributed by atoms with van der Waals surface area (Å²) < 4.78 is 33.8. The van der Waals surface area contributed by atoms with E-state index in [1.54, 1.807) is 13.8 Å². The van der Waals surface area contributed by atoms with E-state index < -0.39 is 31.4 Å². The van der Waals surface area contributed by atoms with Gasteiger partial charge in [-0.15, -0.1) is 0 Å². The maximum Gasteiger partial charge on any atom is 0.271 e. The maximum atomic E-state index is 12.3. The molecule has 2 N–H and O–H groups in total. The van der Waals surface area contributed by atoms with E-state index in [2.05, 4.69) is 0 Å². The highest BCUT2D eigenvalue weighted by molar-refractivity contribution is 8.04. The standard InChI is InChI=1S/C17H33NO5S2/c1-6-10-24(21)11-9-17(4,5)12-14(19)7-8-16(2,3)13-15(20)25(18,22)23/h6-13H2,1-5H3,(H2,18,22,23). The van der Waals surface area contributed by atoms with Crippen LogP contribution in [-0.2, 0) is 30.4 Å². The van der Waals surface area contributed by atoms with Crippen LogP contribution in [0.5, 0.6) is 0 Å². The lowest BCUT2D eigenvalue weighted by Gasteiger charge is -2.26. The average Bonchev–Trinajstić information content (AvgIpc) is 2.42. The second kappa shape index (κ2) is 9.92. The molecule has 0 spiro atoms. The summed E-state index contributed by atoms with van der Waals surface area (Å²) >= 11 is 0. The van der Waals surface area contributed by atoms with E-state index in [1.165, 1.54) is 0 Å². The van der Waals surface area contributed by atoms with Gasteiger partial charge in [0.2, 0.25) is 0 Å². The predicted octanol–water partition coefficient (Wildman–Crippen LogP) is 2.53. The van der Waals surface area contributed by atoms with Crippen molar-refractivity contribution < 1.29 is 22.2 Å². The Morgan fingerprint density at radius 3 is 1.96 bits per heavy atom. The van der Waals surface area contributed by atoms with Crippen LogP contribution in [0.25, 0.3) is 0 Å². The molecule has 0 bridgehead atoms. The summed E-state index contributed by atoms with van der Waals surface area (Å²) in [5.41, 5.74) is -0.826. The molecule has 0 aromatic heterocycles. The number of hydrogen-bond donors (Lipinski definition) is 1.